The Balaban J connectivity index is 2.04. The molecule has 2 rings (SSSR count). The number of rotatable bonds is 7. The maximum absolute atomic E-state index is 13.1. The minimum Gasteiger partial charge on any atom is -0.772 e. The number of carbonyl (C=O) groups is 1. The molecule has 0 aliphatic rings. The predicted octanol–water partition coefficient (Wildman–Crippen LogP) is 3.72. The van der Waals surface area contributed by atoms with Crippen molar-refractivity contribution in [1.82, 2.24) is 5.32 Å². The second kappa shape index (κ2) is 9.06. The molecule has 2 aromatic rings. The molecule has 2 aromatic carbocycles. The van der Waals surface area contributed by atoms with Crippen molar-refractivity contribution in [2.24, 2.45) is 0 Å². The van der Waals surface area contributed by atoms with Crippen LogP contribution in [-0.2, 0) is 23.2 Å². The molecule has 0 saturated heterocycles. The maximum Gasteiger partial charge on any atom is 0.421 e. The van der Waals surface area contributed by atoms with Gasteiger partial charge in [0, 0.05) is 17.4 Å². The van der Waals surface area contributed by atoms with Gasteiger partial charge in [-0.3, -0.25) is 9.00 Å². The van der Waals surface area contributed by atoms with E-state index in [-0.39, 0.29) is 17.7 Å². The lowest BCUT2D eigenvalue weighted by molar-refractivity contribution is -0.267. The summed E-state index contributed by atoms with van der Waals surface area (Å²) in [4.78, 5) is 12.2. The average molecular weight is 428 g/mol. The molecule has 158 valence electrons. The molecule has 0 saturated carbocycles. The van der Waals surface area contributed by atoms with Crippen LogP contribution in [0.5, 0.6) is 0 Å². The zero-order valence-corrected chi connectivity index (χ0v) is 16.6. The van der Waals surface area contributed by atoms with Gasteiger partial charge in [0.15, 0.2) is 5.60 Å². The number of carbonyl (C=O) groups excluding carboxylic acids is 1. The molecule has 0 aliphatic carbocycles. The van der Waals surface area contributed by atoms with E-state index in [1.807, 2.05) is 0 Å². The van der Waals surface area contributed by atoms with E-state index in [1.54, 1.807) is 31.2 Å². The van der Waals surface area contributed by atoms with E-state index in [0.717, 1.165) is 17.7 Å². The van der Waals surface area contributed by atoms with Crippen LogP contribution in [-0.4, -0.2) is 26.0 Å². The first-order valence-electron chi connectivity index (χ1n) is 8.84. The van der Waals surface area contributed by atoms with Gasteiger partial charge in [-0.15, -0.1) is 0 Å². The first-order chi connectivity index (χ1) is 13.5. The smallest absolute Gasteiger partial charge is 0.421 e. The highest BCUT2D eigenvalue weighted by atomic mass is 32.2. The quantitative estimate of drug-likeness (QED) is 0.658. The van der Waals surface area contributed by atoms with E-state index in [0.29, 0.717) is 5.56 Å². The van der Waals surface area contributed by atoms with Crippen molar-refractivity contribution in [1.29, 1.82) is 0 Å². The third-order valence-corrected chi connectivity index (χ3v) is 5.65. The first-order valence-corrected chi connectivity index (χ1v) is 9.98. The molecule has 3 atom stereocenters. The van der Waals surface area contributed by atoms with Crippen LogP contribution in [0.2, 0.25) is 0 Å². The Bertz CT molecular complexity index is 869. The molecule has 9 heteroatoms. The van der Waals surface area contributed by atoms with Crippen LogP contribution in [0.1, 0.15) is 52.6 Å². The van der Waals surface area contributed by atoms with E-state index in [1.165, 1.54) is 19.1 Å². The van der Waals surface area contributed by atoms with E-state index >= 15 is 0 Å². The predicted molar refractivity (Wildman–Crippen MR) is 102 cm³/mol. The summed E-state index contributed by atoms with van der Waals surface area (Å²) < 4.78 is 61.3. The molecule has 0 spiro atoms. The van der Waals surface area contributed by atoms with Crippen LogP contribution in [0.25, 0.3) is 0 Å². The summed E-state index contributed by atoms with van der Waals surface area (Å²) in [5.41, 5.74) is -1.78. The minimum absolute atomic E-state index is 0.154. The van der Waals surface area contributed by atoms with Crippen LogP contribution in [0.3, 0.4) is 0 Å². The van der Waals surface area contributed by atoms with Crippen LogP contribution in [0.4, 0.5) is 13.2 Å². The Morgan fingerprint density at radius 3 is 2.14 bits per heavy atom. The van der Waals surface area contributed by atoms with Crippen LogP contribution in [0.15, 0.2) is 48.5 Å². The van der Waals surface area contributed by atoms with Crippen LogP contribution in [0, 0.1) is 0 Å². The van der Waals surface area contributed by atoms with Gasteiger partial charge in [-0.05, 0) is 53.2 Å². The van der Waals surface area contributed by atoms with E-state index in [9.17, 15) is 31.8 Å². The fourth-order valence-electron chi connectivity index (χ4n) is 2.77. The molecular weight excluding hydrogens is 407 g/mol. The number of hydrogen-bond acceptors (Lipinski definition) is 4. The van der Waals surface area contributed by atoms with Gasteiger partial charge in [-0.2, -0.15) is 13.2 Å². The average Bonchev–Trinajstić information content (AvgIpc) is 2.70. The Kier molecular flexibility index (Phi) is 7.20. The number of alkyl halides is 3. The van der Waals surface area contributed by atoms with Crippen molar-refractivity contribution < 1.29 is 31.8 Å². The second-order valence-corrected chi connectivity index (χ2v) is 7.84. The molecule has 0 heterocycles. The van der Waals surface area contributed by atoms with Crippen LogP contribution >= 0.6 is 0 Å². The number of aliphatic hydroxyl groups is 1. The standard InChI is InChI=1S/C20H22F3NO4S/c1-3-19(26,20(21,22)23)17-10-8-16(9-11-17)18(25)24-12-14-4-6-15(7-5-14)13(2)29(27)28/h4-11,13,26H,3,12H2,1-2H3,(H,24,25)(H,27,28)/p-1. The summed E-state index contributed by atoms with van der Waals surface area (Å²) in [5, 5.41) is 11.9. The molecule has 0 fully saturated rings. The SMILES string of the molecule is CCC(O)(c1ccc(C(=O)NCc2ccc(C(C)S(=O)[O-])cc2)cc1)C(F)(F)F. The molecule has 1 amide bonds. The van der Waals surface area contributed by atoms with Gasteiger partial charge >= 0.3 is 6.18 Å². The lowest BCUT2D eigenvalue weighted by Gasteiger charge is -2.29. The molecule has 29 heavy (non-hydrogen) atoms. The number of amides is 1. The molecule has 2 N–H and O–H groups in total. The van der Waals surface area contributed by atoms with Gasteiger partial charge in [0.25, 0.3) is 5.91 Å². The van der Waals surface area contributed by atoms with Gasteiger partial charge in [-0.25, -0.2) is 0 Å². The van der Waals surface area contributed by atoms with Gasteiger partial charge < -0.3 is 15.0 Å². The Morgan fingerprint density at radius 2 is 1.69 bits per heavy atom. The maximum atomic E-state index is 13.1. The molecule has 5 nitrogen and oxygen atoms in total. The summed E-state index contributed by atoms with van der Waals surface area (Å²) in [6.45, 7) is 2.95. The van der Waals surface area contributed by atoms with Gasteiger partial charge in [0.2, 0.25) is 0 Å². The first kappa shape index (κ1) is 23.1. The fourth-order valence-corrected chi connectivity index (χ4v) is 3.15. The van der Waals surface area contributed by atoms with Crippen molar-refractivity contribution in [2.75, 3.05) is 0 Å². The summed E-state index contributed by atoms with van der Waals surface area (Å²) in [7, 11) is 0. The van der Waals surface area contributed by atoms with Gasteiger partial charge in [0.1, 0.15) is 0 Å². The topological polar surface area (TPSA) is 89.5 Å². The Labute approximate surface area is 169 Å². The number of nitrogens with one attached hydrogen (secondary N) is 1. The van der Waals surface area contributed by atoms with Crippen molar-refractivity contribution in [3.63, 3.8) is 0 Å². The third-order valence-electron chi connectivity index (χ3n) is 4.80. The highest BCUT2D eigenvalue weighted by Crippen LogP contribution is 2.41. The Morgan fingerprint density at radius 1 is 1.14 bits per heavy atom. The number of halogens is 3. The lowest BCUT2D eigenvalue weighted by Crippen LogP contribution is -2.41. The van der Waals surface area contributed by atoms with Gasteiger partial charge in [-0.1, -0.05) is 43.3 Å². The third kappa shape index (κ3) is 5.23. The normalized spacial score (nSPS) is 16.0. The van der Waals surface area contributed by atoms with E-state index in [2.05, 4.69) is 5.32 Å². The summed E-state index contributed by atoms with van der Waals surface area (Å²) in [6.07, 6.45) is -5.37. The number of benzene rings is 2. The van der Waals surface area contributed by atoms with E-state index < -0.39 is 40.4 Å². The van der Waals surface area contributed by atoms with Crippen molar-refractivity contribution in [3.05, 3.63) is 70.8 Å². The molecular formula is C20H21F3NO4S-. The van der Waals surface area contributed by atoms with E-state index in [4.69, 9.17) is 0 Å². The fraction of sp³-hybridized carbons (Fsp3) is 0.350. The monoisotopic (exact) mass is 428 g/mol. The molecule has 0 radical (unpaired) electrons. The minimum atomic E-state index is -4.83. The second-order valence-electron chi connectivity index (χ2n) is 6.62. The summed E-state index contributed by atoms with van der Waals surface area (Å²) in [5.74, 6) is -0.485. The van der Waals surface area contributed by atoms with Crippen molar-refractivity contribution in [2.45, 2.75) is 43.8 Å². The zero-order chi connectivity index (χ0) is 21.8. The highest BCUT2D eigenvalue weighted by Gasteiger charge is 2.53. The van der Waals surface area contributed by atoms with Crippen molar-refractivity contribution in [3.8, 4) is 0 Å². The molecule has 0 aliphatic heterocycles. The van der Waals surface area contributed by atoms with Crippen molar-refractivity contribution >= 4 is 17.0 Å². The summed E-state index contributed by atoms with van der Waals surface area (Å²) >= 11 is -2.23. The van der Waals surface area contributed by atoms with Gasteiger partial charge in [0.05, 0.1) is 0 Å². The summed E-state index contributed by atoms with van der Waals surface area (Å²) in [6, 6.07) is 11.3. The largest absolute Gasteiger partial charge is 0.772 e. The lowest BCUT2D eigenvalue weighted by atomic mass is 9.90. The molecule has 0 aromatic heterocycles. The molecule has 3 unspecified atom stereocenters. The van der Waals surface area contributed by atoms with Crippen LogP contribution < -0.4 is 5.32 Å². The number of hydrogen-bond donors (Lipinski definition) is 2. The Hall–Kier alpha value is -2.23. The zero-order valence-electron chi connectivity index (χ0n) is 15.8. The highest BCUT2D eigenvalue weighted by molar-refractivity contribution is 7.79. The molecule has 0 bridgehead atoms.